The van der Waals surface area contributed by atoms with Gasteiger partial charge >= 0.3 is 0 Å². The number of nitrogens with zero attached hydrogens (tertiary/aromatic N) is 5. The van der Waals surface area contributed by atoms with Gasteiger partial charge in [-0.15, -0.1) is 11.3 Å². The summed E-state index contributed by atoms with van der Waals surface area (Å²) >= 11 is 1.61. The van der Waals surface area contributed by atoms with Crippen molar-refractivity contribution in [1.82, 2.24) is 24.9 Å². The molecule has 7 nitrogen and oxygen atoms in total. The molecule has 3 aromatic heterocycles. The largest absolute Gasteiger partial charge is 0.339 e. The van der Waals surface area contributed by atoms with Crippen molar-refractivity contribution in [3.63, 3.8) is 0 Å². The molecule has 1 amide bonds. The zero-order chi connectivity index (χ0) is 23.3. The summed E-state index contributed by atoms with van der Waals surface area (Å²) in [5, 5.41) is 6.08. The molecular formula is C26H27N5O2S. The van der Waals surface area contributed by atoms with Crippen molar-refractivity contribution >= 4 is 17.2 Å². The van der Waals surface area contributed by atoms with Gasteiger partial charge in [-0.3, -0.25) is 14.7 Å². The van der Waals surface area contributed by atoms with Crippen molar-refractivity contribution in [2.45, 2.75) is 19.8 Å². The van der Waals surface area contributed by atoms with E-state index in [1.807, 2.05) is 71.8 Å². The van der Waals surface area contributed by atoms with E-state index in [4.69, 9.17) is 4.52 Å². The van der Waals surface area contributed by atoms with Gasteiger partial charge in [0.05, 0.1) is 21.8 Å². The molecule has 34 heavy (non-hydrogen) atoms. The standard InChI is InChI=1S/C26H27N5O2S/c1-19-21(11-12-22(27-19)20-7-3-2-4-8-20)26(32)31-16-14-30(15-17-31)13-5-10-24-28-25(29-33-24)23-9-6-18-34-23/h2-4,6-9,11-12,18H,5,10,13-17H2,1H3. The summed E-state index contributed by atoms with van der Waals surface area (Å²) < 4.78 is 5.39. The fourth-order valence-electron chi connectivity index (χ4n) is 4.22. The maximum atomic E-state index is 13.1. The van der Waals surface area contributed by atoms with Crippen LogP contribution in [-0.2, 0) is 6.42 Å². The molecule has 0 unspecified atom stereocenters. The summed E-state index contributed by atoms with van der Waals surface area (Å²) in [5.74, 6) is 1.41. The minimum Gasteiger partial charge on any atom is -0.339 e. The van der Waals surface area contributed by atoms with Gasteiger partial charge in [0.2, 0.25) is 11.7 Å². The SMILES string of the molecule is Cc1nc(-c2ccccc2)ccc1C(=O)N1CCN(CCCc2nc(-c3cccs3)no2)CC1. The van der Waals surface area contributed by atoms with Crippen LogP contribution in [0.3, 0.4) is 0 Å². The third kappa shape index (κ3) is 5.08. The van der Waals surface area contributed by atoms with Gasteiger partial charge in [-0.1, -0.05) is 41.6 Å². The summed E-state index contributed by atoms with van der Waals surface area (Å²) in [5.41, 5.74) is 3.41. The molecule has 8 heteroatoms. The number of piperazine rings is 1. The molecule has 0 atom stereocenters. The summed E-state index contributed by atoms with van der Waals surface area (Å²) in [4.78, 5) is 27.6. The number of aryl methyl sites for hydroxylation is 2. The number of rotatable bonds is 7. The van der Waals surface area contributed by atoms with Crippen molar-refractivity contribution in [2.75, 3.05) is 32.7 Å². The molecule has 1 fully saturated rings. The number of benzene rings is 1. The van der Waals surface area contributed by atoms with Crippen LogP contribution in [0.25, 0.3) is 22.0 Å². The highest BCUT2D eigenvalue weighted by Crippen LogP contribution is 2.22. The van der Waals surface area contributed by atoms with Gasteiger partial charge in [-0.2, -0.15) is 4.98 Å². The molecule has 1 aromatic carbocycles. The normalized spacial score (nSPS) is 14.4. The number of carbonyl (C=O) groups is 1. The lowest BCUT2D eigenvalue weighted by Crippen LogP contribution is -2.49. The Morgan fingerprint density at radius 1 is 1.00 bits per heavy atom. The van der Waals surface area contributed by atoms with Gasteiger partial charge in [-0.25, -0.2) is 0 Å². The minimum atomic E-state index is 0.0660. The van der Waals surface area contributed by atoms with E-state index in [2.05, 4.69) is 20.0 Å². The monoisotopic (exact) mass is 473 g/mol. The molecule has 0 spiro atoms. The topological polar surface area (TPSA) is 75.4 Å². The van der Waals surface area contributed by atoms with Crippen LogP contribution in [0.5, 0.6) is 0 Å². The van der Waals surface area contributed by atoms with E-state index >= 15 is 0 Å². The Labute approximate surface area is 203 Å². The first-order chi connectivity index (χ1) is 16.7. The summed E-state index contributed by atoms with van der Waals surface area (Å²) in [6, 6.07) is 17.9. The zero-order valence-electron chi connectivity index (χ0n) is 19.2. The first kappa shape index (κ1) is 22.4. The van der Waals surface area contributed by atoms with Crippen molar-refractivity contribution in [2.24, 2.45) is 0 Å². The van der Waals surface area contributed by atoms with E-state index in [0.717, 1.165) is 67.4 Å². The Morgan fingerprint density at radius 2 is 1.82 bits per heavy atom. The fraction of sp³-hybridized carbons (Fsp3) is 0.308. The van der Waals surface area contributed by atoms with Gasteiger partial charge in [-0.05, 0) is 43.5 Å². The van der Waals surface area contributed by atoms with Crippen LogP contribution in [0, 0.1) is 6.92 Å². The van der Waals surface area contributed by atoms with E-state index in [0.29, 0.717) is 17.3 Å². The first-order valence-corrected chi connectivity index (χ1v) is 12.5. The smallest absolute Gasteiger partial charge is 0.255 e. The molecule has 4 heterocycles. The second-order valence-electron chi connectivity index (χ2n) is 8.42. The zero-order valence-corrected chi connectivity index (χ0v) is 20.0. The van der Waals surface area contributed by atoms with E-state index < -0.39 is 0 Å². The van der Waals surface area contributed by atoms with E-state index in [1.165, 1.54) is 0 Å². The number of thiophene rings is 1. The summed E-state index contributed by atoms with van der Waals surface area (Å²) in [6.07, 6.45) is 1.71. The molecule has 0 saturated carbocycles. The van der Waals surface area contributed by atoms with Gasteiger partial charge in [0.1, 0.15) is 0 Å². The Balaban J connectivity index is 1.10. The Hall–Kier alpha value is -3.36. The lowest BCUT2D eigenvalue weighted by atomic mass is 10.1. The number of amides is 1. The van der Waals surface area contributed by atoms with E-state index in [9.17, 15) is 4.79 Å². The highest BCUT2D eigenvalue weighted by atomic mass is 32.1. The quantitative estimate of drug-likeness (QED) is 0.392. The van der Waals surface area contributed by atoms with Crippen LogP contribution in [0.15, 0.2) is 64.5 Å². The van der Waals surface area contributed by atoms with Crippen LogP contribution >= 0.6 is 11.3 Å². The maximum Gasteiger partial charge on any atom is 0.255 e. The number of aromatic nitrogens is 3. The van der Waals surface area contributed by atoms with Gasteiger partial charge in [0.25, 0.3) is 5.91 Å². The fourth-order valence-corrected chi connectivity index (χ4v) is 4.87. The summed E-state index contributed by atoms with van der Waals surface area (Å²) in [7, 11) is 0. The Kier molecular flexibility index (Phi) is 6.78. The second kappa shape index (κ2) is 10.3. The van der Waals surface area contributed by atoms with Crippen LogP contribution < -0.4 is 0 Å². The van der Waals surface area contributed by atoms with Gasteiger partial charge in [0, 0.05) is 38.2 Å². The third-order valence-electron chi connectivity index (χ3n) is 6.12. The number of pyridine rings is 1. The number of carbonyl (C=O) groups excluding carboxylic acids is 1. The maximum absolute atomic E-state index is 13.1. The molecule has 5 rings (SSSR count). The molecule has 4 aromatic rings. The Morgan fingerprint density at radius 3 is 2.56 bits per heavy atom. The highest BCUT2D eigenvalue weighted by Gasteiger charge is 2.23. The van der Waals surface area contributed by atoms with E-state index in [-0.39, 0.29) is 5.91 Å². The average molecular weight is 474 g/mol. The van der Waals surface area contributed by atoms with Crippen LogP contribution in [0.2, 0.25) is 0 Å². The molecule has 0 N–H and O–H groups in total. The van der Waals surface area contributed by atoms with Crippen LogP contribution in [0.4, 0.5) is 0 Å². The second-order valence-corrected chi connectivity index (χ2v) is 9.37. The minimum absolute atomic E-state index is 0.0660. The average Bonchev–Trinajstić information content (AvgIpc) is 3.57. The summed E-state index contributed by atoms with van der Waals surface area (Å²) in [6.45, 7) is 6.04. The molecule has 174 valence electrons. The molecule has 1 aliphatic rings. The lowest BCUT2D eigenvalue weighted by molar-refractivity contribution is 0.0634. The van der Waals surface area contributed by atoms with Crippen LogP contribution in [-0.4, -0.2) is 63.6 Å². The molecule has 1 aliphatic heterocycles. The van der Waals surface area contributed by atoms with Gasteiger partial charge < -0.3 is 9.42 Å². The van der Waals surface area contributed by atoms with Crippen molar-refractivity contribution < 1.29 is 9.32 Å². The van der Waals surface area contributed by atoms with E-state index in [1.54, 1.807) is 11.3 Å². The molecule has 0 bridgehead atoms. The first-order valence-electron chi connectivity index (χ1n) is 11.6. The van der Waals surface area contributed by atoms with Crippen molar-refractivity contribution in [3.05, 3.63) is 77.1 Å². The molecule has 0 aliphatic carbocycles. The Bertz CT molecular complexity index is 1230. The lowest BCUT2D eigenvalue weighted by Gasteiger charge is -2.34. The predicted molar refractivity (Wildman–Crippen MR) is 133 cm³/mol. The van der Waals surface area contributed by atoms with Crippen molar-refractivity contribution in [3.8, 4) is 22.0 Å². The molecular weight excluding hydrogens is 446 g/mol. The van der Waals surface area contributed by atoms with Crippen LogP contribution in [0.1, 0.15) is 28.4 Å². The number of hydrogen-bond donors (Lipinski definition) is 0. The predicted octanol–water partition coefficient (Wildman–Crippen LogP) is 4.56. The third-order valence-corrected chi connectivity index (χ3v) is 6.99. The number of hydrogen-bond acceptors (Lipinski definition) is 7. The van der Waals surface area contributed by atoms with Gasteiger partial charge in [0.15, 0.2) is 0 Å². The molecule has 1 saturated heterocycles. The molecule has 0 radical (unpaired) electrons. The highest BCUT2D eigenvalue weighted by molar-refractivity contribution is 7.13. The van der Waals surface area contributed by atoms with Crippen molar-refractivity contribution in [1.29, 1.82) is 0 Å².